The fraction of sp³-hybridized carbons (Fsp3) is 0.500. The van der Waals surface area contributed by atoms with E-state index in [1.54, 1.807) is 0 Å². The van der Waals surface area contributed by atoms with Crippen molar-refractivity contribution in [3.8, 4) is 6.07 Å². The summed E-state index contributed by atoms with van der Waals surface area (Å²) in [6, 6.07) is 4.40. The third-order valence-corrected chi connectivity index (χ3v) is 6.66. The van der Waals surface area contributed by atoms with E-state index in [1.807, 2.05) is 4.90 Å². The third kappa shape index (κ3) is 3.64. The summed E-state index contributed by atoms with van der Waals surface area (Å²) in [6.45, 7) is 1.27. The number of Topliss-reactive ketones (excluding diaryl/α,β-unsaturated/α-hetero) is 1. The van der Waals surface area contributed by atoms with Crippen molar-refractivity contribution in [2.75, 3.05) is 13.1 Å². The average molecular weight is 387 g/mol. The monoisotopic (exact) mass is 387 g/mol. The molecule has 5 heteroatoms. The highest BCUT2D eigenvalue weighted by atomic mass is 16.2. The highest BCUT2D eigenvalue weighted by Gasteiger charge is 2.45. The van der Waals surface area contributed by atoms with Crippen LogP contribution >= 0.6 is 0 Å². The smallest absolute Gasteiger partial charge is 0.224 e. The molecule has 5 nitrogen and oxygen atoms in total. The molecule has 1 aromatic heterocycles. The van der Waals surface area contributed by atoms with Gasteiger partial charge in [0.25, 0.3) is 0 Å². The van der Waals surface area contributed by atoms with Gasteiger partial charge in [-0.3, -0.25) is 14.6 Å². The number of amides is 1. The van der Waals surface area contributed by atoms with Gasteiger partial charge in [0.1, 0.15) is 5.78 Å². The van der Waals surface area contributed by atoms with Crippen LogP contribution in [0.1, 0.15) is 61.0 Å². The highest BCUT2D eigenvalue weighted by Crippen LogP contribution is 2.48. The standard InChI is InChI=1S/C24H25N3O2/c25-15-24(8-9-24)14-23(29)27-10-6-16(7-11-27)20-12-18(13-22(28)17-4-5-17)26-21-3-1-2-19(20)21/h1-2,6,12,17H,3-5,7-11,13-14H2. The molecule has 0 spiro atoms. The Bertz CT molecular complexity index is 990. The summed E-state index contributed by atoms with van der Waals surface area (Å²) in [5.41, 5.74) is 5.13. The second-order valence-corrected chi connectivity index (χ2v) is 8.93. The Morgan fingerprint density at radius 1 is 1.31 bits per heavy atom. The fourth-order valence-electron chi connectivity index (χ4n) is 4.40. The lowest BCUT2D eigenvalue weighted by atomic mass is 9.93. The number of carbonyl (C=O) groups excluding carboxylic acids is 2. The molecule has 1 amide bonds. The first-order valence-electron chi connectivity index (χ1n) is 10.7. The molecule has 1 aliphatic heterocycles. The zero-order valence-electron chi connectivity index (χ0n) is 16.6. The molecule has 0 atom stereocenters. The number of fused-ring (bicyclic) bond motifs is 1. The number of hydrogen-bond acceptors (Lipinski definition) is 4. The number of pyridine rings is 1. The van der Waals surface area contributed by atoms with Gasteiger partial charge in [-0.1, -0.05) is 18.2 Å². The zero-order chi connectivity index (χ0) is 20.0. The van der Waals surface area contributed by atoms with Crippen LogP contribution in [0, 0.1) is 22.7 Å². The van der Waals surface area contributed by atoms with Gasteiger partial charge in [0.15, 0.2) is 0 Å². The van der Waals surface area contributed by atoms with Crippen LogP contribution in [-0.4, -0.2) is 34.7 Å². The Kier molecular flexibility index (Phi) is 4.38. The number of ketones is 1. The molecule has 1 aromatic rings. The van der Waals surface area contributed by atoms with Crippen molar-refractivity contribution in [3.63, 3.8) is 0 Å². The summed E-state index contributed by atoms with van der Waals surface area (Å²) in [7, 11) is 0. The Labute approximate surface area is 171 Å². The van der Waals surface area contributed by atoms with E-state index in [2.05, 4.69) is 30.4 Å². The second kappa shape index (κ2) is 6.95. The maximum atomic E-state index is 12.6. The lowest BCUT2D eigenvalue weighted by Gasteiger charge is -2.28. The molecule has 3 aliphatic carbocycles. The van der Waals surface area contributed by atoms with Gasteiger partial charge in [0, 0.05) is 49.5 Å². The predicted molar refractivity (Wildman–Crippen MR) is 109 cm³/mol. The summed E-state index contributed by atoms with van der Waals surface area (Å²) < 4.78 is 0. The lowest BCUT2D eigenvalue weighted by molar-refractivity contribution is -0.131. The van der Waals surface area contributed by atoms with Crippen molar-refractivity contribution < 1.29 is 9.59 Å². The summed E-state index contributed by atoms with van der Waals surface area (Å²) in [4.78, 5) is 31.5. The van der Waals surface area contributed by atoms with Crippen LogP contribution in [0.15, 0.2) is 18.2 Å². The van der Waals surface area contributed by atoms with Crippen LogP contribution in [0.5, 0.6) is 0 Å². The molecule has 2 fully saturated rings. The maximum absolute atomic E-state index is 12.6. The first kappa shape index (κ1) is 18.3. The van der Waals surface area contributed by atoms with E-state index in [1.165, 1.54) is 16.7 Å². The van der Waals surface area contributed by atoms with Crippen molar-refractivity contribution >= 4 is 23.3 Å². The van der Waals surface area contributed by atoms with Gasteiger partial charge in [-0.05, 0) is 49.3 Å². The molecule has 0 N–H and O–H groups in total. The minimum atomic E-state index is -0.388. The third-order valence-electron chi connectivity index (χ3n) is 6.66. The Hall–Kier alpha value is -2.74. The number of aromatic nitrogens is 1. The van der Waals surface area contributed by atoms with Crippen LogP contribution in [0.4, 0.5) is 0 Å². The SMILES string of the molecule is N#CC1(CC(=O)N2CC=C(c3cc(CC(=O)C4CC4)nc4c3C=CC4)CC2)CC1. The molecular weight excluding hydrogens is 362 g/mol. The van der Waals surface area contributed by atoms with Gasteiger partial charge in [0.05, 0.1) is 17.2 Å². The lowest BCUT2D eigenvalue weighted by Crippen LogP contribution is -2.35. The number of nitriles is 1. The molecule has 2 saturated carbocycles. The molecule has 0 bridgehead atoms. The van der Waals surface area contributed by atoms with Gasteiger partial charge >= 0.3 is 0 Å². The van der Waals surface area contributed by atoms with E-state index in [0.29, 0.717) is 31.7 Å². The molecule has 29 heavy (non-hydrogen) atoms. The van der Waals surface area contributed by atoms with Crippen molar-refractivity contribution in [1.82, 2.24) is 9.88 Å². The first-order valence-corrected chi connectivity index (χ1v) is 10.7. The average Bonchev–Trinajstić information content (AvgIpc) is 3.66. The first-order chi connectivity index (χ1) is 14.1. The molecule has 0 unspecified atom stereocenters. The van der Waals surface area contributed by atoms with Crippen LogP contribution in [-0.2, 0) is 22.4 Å². The molecule has 0 aromatic carbocycles. The Balaban J connectivity index is 1.34. The van der Waals surface area contributed by atoms with Gasteiger partial charge in [-0.15, -0.1) is 0 Å². The van der Waals surface area contributed by atoms with Crippen molar-refractivity contribution in [2.24, 2.45) is 11.3 Å². The van der Waals surface area contributed by atoms with E-state index in [-0.39, 0.29) is 17.2 Å². The maximum Gasteiger partial charge on any atom is 0.224 e. The molecule has 0 radical (unpaired) electrons. The topological polar surface area (TPSA) is 74.1 Å². The fourth-order valence-corrected chi connectivity index (χ4v) is 4.40. The zero-order valence-corrected chi connectivity index (χ0v) is 16.6. The van der Waals surface area contributed by atoms with Gasteiger partial charge in [-0.2, -0.15) is 5.26 Å². The van der Waals surface area contributed by atoms with Crippen molar-refractivity contribution in [3.05, 3.63) is 40.7 Å². The summed E-state index contributed by atoms with van der Waals surface area (Å²) in [6.07, 6.45) is 12.6. The Morgan fingerprint density at radius 2 is 2.14 bits per heavy atom. The number of carbonyl (C=O) groups is 2. The van der Waals surface area contributed by atoms with E-state index in [9.17, 15) is 14.9 Å². The van der Waals surface area contributed by atoms with Crippen LogP contribution < -0.4 is 0 Å². The minimum Gasteiger partial charge on any atom is -0.339 e. The quantitative estimate of drug-likeness (QED) is 0.749. The summed E-state index contributed by atoms with van der Waals surface area (Å²) >= 11 is 0. The molecule has 148 valence electrons. The molecule has 4 aliphatic rings. The molecule has 2 heterocycles. The van der Waals surface area contributed by atoms with Gasteiger partial charge in [-0.25, -0.2) is 0 Å². The summed E-state index contributed by atoms with van der Waals surface area (Å²) in [5.74, 6) is 0.661. The van der Waals surface area contributed by atoms with Gasteiger partial charge in [0.2, 0.25) is 5.91 Å². The largest absolute Gasteiger partial charge is 0.339 e. The van der Waals surface area contributed by atoms with E-state index >= 15 is 0 Å². The van der Waals surface area contributed by atoms with E-state index in [0.717, 1.165) is 49.9 Å². The molecule has 5 rings (SSSR count). The van der Waals surface area contributed by atoms with E-state index in [4.69, 9.17) is 4.98 Å². The summed E-state index contributed by atoms with van der Waals surface area (Å²) in [5, 5.41) is 9.24. The number of allylic oxidation sites excluding steroid dienone is 1. The minimum absolute atomic E-state index is 0.0925. The van der Waals surface area contributed by atoms with E-state index < -0.39 is 0 Å². The second-order valence-electron chi connectivity index (χ2n) is 8.93. The van der Waals surface area contributed by atoms with Crippen LogP contribution in [0.2, 0.25) is 0 Å². The normalized spacial score (nSPS) is 21.3. The Morgan fingerprint density at radius 3 is 2.79 bits per heavy atom. The molecule has 0 saturated heterocycles. The van der Waals surface area contributed by atoms with Crippen LogP contribution in [0.3, 0.4) is 0 Å². The van der Waals surface area contributed by atoms with Crippen LogP contribution in [0.25, 0.3) is 11.6 Å². The van der Waals surface area contributed by atoms with Gasteiger partial charge < -0.3 is 4.90 Å². The van der Waals surface area contributed by atoms with Crippen molar-refractivity contribution in [2.45, 2.75) is 51.4 Å². The predicted octanol–water partition coefficient (Wildman–Crippen LogP) is 3.48. The number of hydrogen-bond donors (Lipinski definition) is 0. The highest BCUT2D eigenvalue weighted by molar-refractivity contribution is 5.86. The number of nitrogens with zero attached hydrogens (tertiary/aromatic N) is 3. The molecular formula is C24H25N3O2. The number of rotatable bonds is 6. The van der Waals surface area contributed by atoms with Crippen molar-refractivity contribution in [1.29, 1.82) is 5.26 Å².